The van der Waals surface area contributed by atoms with Gasteiger partial charge in [0.1, 0.15) is 0 Å². The Morgan fingerprint density at radius 3 is 2.25 bits per heavy atom. The number of carboxylic acids is 1. The Balaban J connectivity index is 0.000000561. The van der Waals surface area contributed by atoms with Gasteiger partial charge in [-0.15, -0.1) is 0 Å². The van der Waals surface area contributed by atoms with Crippen molar-refractivity contribution in [3.63, 3.8) is 0 Å². The van der Waals surface area contributed by atoms with Gasteiger partial charge in [0, 0.05) is 0 Å². The van der Waals surface area contributed by atoms with Gasteiger partial charge in [-0.25, -0.2) is 0 Å². The maximum Gasteiger partial charge on any atom is 0.307 e. The minimum atomic E-state index is -0.786. The van der Waals surface area contributed by atoms with Gasteiger partial charge < -0.3 is 10.8 Å². The highest BCUT2D eigenvalue weighted by molar-refractivity contribution is 5.70. The van der Waals surface area contributed by atoms with Gasteiger partial charge in [0.15, 0.2) is 0 Å². The molecule has 0 heterocycles. The first-order chi connectivity index (χ1) is 5.79. The Morgan fingerprint density at radius 1 is 1.33 bits per heavy atom. The Labute approximate surface area is 71.8 Å². The van der Waals surface area contributed by atoms with Crippen molar-refractivity contribution in [1.82, 2.24) is 0 Å². The molecule has 1 aromatic rings. The van der Waals surface area contributed by atoms with E-state index in [0.717, 1.165) is 5.56 Å². The Morgan fingerprint density at radius 2 is 1.83 bits per heavy atom. The normalized spacial score (nSPS) is 8.17. The summed E-state index contributed by atoms with van der Waals surface area (Å²) in [4.78, 5) is 10.2. The molecule has 3 N–H and O–H groups in total. The van der Waals surface area contributed by atoms with Crippen LogP contribution in [0.5, 0.6) is 0 Å². The molecule has 0 saturated heterocycles. The third-order valence-electron chi connectivity index (χ3n) is 1.20. The van der Waals surface area contributed by atoms with Crippen LogP contribution in [0, 0.1) is 0 Å². The third-order valence-corrected chi connectivity index (χ3v) is 1.20. The summed E-state index contributed by atoms with van der Waals surface area (Å²) in [6.07, 6.45) is 0.112. The van der Waals surface area contributed by atoms with Crippen LogP contribution in [0.15, 0.2) is 30.3 Å². The number of carbonyl (C=O) groups is 1. The molecule has 0 saturated carbocycles. The summed E-state index contributed by atoms with van der Waals surface area (Å²) in [6.45, 7) is 0. The van der Waals surface area contributed by atoms with E-state index >= 15 is 0 Å². The van der Waals surface area contributed by atoms with Crippen LogP contribution in [0.1, 0.15) is 5.56 Å². The van der Waals surface area contributed by atoms with Crippen LogP contribution in [0.4, 0.5) is 0 Å². The van der Waals surface area contributed by atoms with Gasteiger partial charge in [-0.3, -0.25) is 4.79 Å². The van der Waals surface area contributed by atoms with Crippen molar-refractivity contribution >= 4 is 5.97 Å². The summed E-state index contributed by atoms with van der Waals surface area (Å²) in [5, 5.41) is 8.37. The predicted octanol–water partition coefficient (Wildman–Crippen LogP) is 0.889. The zero-order valence-electron chi connectivity index (χ0n) is 7.03. The van der Waals surface area contributed by atoms with Crippen LogP contribution >= 0.6 is 0 Å². The second kappa shape index (κ2) is 6.37. The number of hydrogen-bond acceptors (Lipinski definition) is 2. The first-order valence-corrected chi connectivity index (χ1v) is 3.62. The van der Waals surface area contributed by atoms with Crippen molar-refractivity contribution in [2.75, 3.05) is 7.05 Å². The summed E-state index contributed by atoms with van der Waals surface area (Å²) >= 11 is 0. The van der Waals surface area contributed by atoms with Gasteiger partial charge in [0.25, 0.3) is 0 Å². The average molecular weight is 167 g/mol. The highest BCUT2D eigenvalue weighted by atomic mass is 16.4. The molecule has 0 unspecified atom stereocenters. The fraction of sp³-hybridized carbons (Fsp3) is 0.222. The van der Waals surface area contributed by atoms with Crippen LogP contribution < -0.4 is 5.73 Å². The molecule has 0 bridgehead atoms. The predicted molar refractivity (Wildman–Crippen MR) is 47.9 cm³/mol. The maximum absolute atomic E-state index is 10.2. The molecule has 0 radical (unpaired) electrons. The summed E-state index contributed by atoms with van der Waals surface area (Å²) in [6, 6.07) is 9.13. The largest absolute Gasteiger partial charge is 0.481 e. The second-order valence-electron chi connectivity index (χ2n) is 2.06. The smallest absolute Gasteiger partial charge is 0.307 e. The van der Waals surface area contributed by atoms with E-state index in [1.807, 2.05) is 18.2 Å². The second-order valence-corrected chi connectivity index (χ2v) is 2.06. The molecule has 0 aliphatic heterocycles. The summed E-state index contributed by atoms with van der Waals surface area (Å²) in [5.74, 6) is -0.786. The van der Waals surface area contributed by atoms with E-state index < -0.39 is 5.97 Å². The molecule has 0 atom stereocenters. The molecule has 0 aliphatic carbocycles. The summed E-state index contributed by atoms with van der Waals surface area (Å²) in [5.41, 5.74) is 5.34. The summed E-state index contributed by atoms with van der Waals surface area (Å²) < 4.78 is 0. The summed E-state index contributed by atoms with van der Waals surface area (Å²) in [7, 11) is 1.50. The molecule has 3 heteroatoms. The number of benzene rings is 1. The fourth-order valence-corrected chi connectivity index (χ4v) is 0.770. The number of rotatable bonds is 2. The highest BCUT2D eigenvalue weighted by Crippen LogP contribution is 1.98. The minimum Gasteiger partial charge on any atom is -0.481 e. The maximum atomic E-state index is 10.2. The molecule has 1 rings (SSSR count). The number of hydrogen-bond donors (Lipinski definition) is 2. The van der Waals surface area contributed by atoms with Crippen LogP contribution in [0.3, 0.4) is 0 Å². The van der Waals surface area contributed by atoms with Crippen molar-refractivity contribution in [1.29, 1.82) is 0 Å². The lowest BCUT2D eigenvalue weighted by molar-refractivity contribution is -0.136. The fourth-order valence-electron chi connectivity index (χ4n) is 0.770. The van der Waals surface area contributed by atoms with E-state index in [1.165, 1.54) is 7.05 Å². The van der Waals surface area contributed by atoms with Gasteiger partial charge in [-0.1, -0.05) is 30.3 Å². The zero-order chi connectivity index (χ0) is 9.40. The van der Waals surface area contributed by atoms with E-state index in [4.69, 9.17) is 5.11 Å². The molecular formula is C9H13NO2. The van der Waals surface area contributed by atoms with Crippen molar-refractivity contribution in [3.05, 3.63) is 35.9 Å². The SMILES string of the molecule is CN.O=C(O)Cc1ccccc1. The molecule has 3 nitrogen and oxygen atoms in total. The molecule has 1 aromatic carbocycles. The number of nitrogens with two attached hydrogens (primary N) is 1. The van der Waals surface area contributed by atoms with Crippen molar-refractivity contribution in [2.45, 2.75) is 6.42 Å². The Kier molecular flexibility index (Phi) is 5.65. The minimum absolute atomic E-state index is 0.112. The van der Waals surface area contributed by atoms with Gasteiger partial charge >= 0.3 is 5.97 Å². The Bertz CT molecular complexity index is 221. The van der Waals surface area contributed by atoms with E-state index in [2.05, 4.69) is 5.73 Å². The van der Waals surface area contributed by atoms with Crippen molar-refractivity contribution < 1.29 is 9.90 Å². The Hall–Kier alpha value is -1.35. The standard InChI is InChI=1S/C8H8O2.CH5N/c9-8(10)6-7-4-2-1-3-5-7;1-2/h1-5H,6H2,(H,9,10);2H2,1H3. The molecule has 12 heavy (non-hydrogen) atoms. The van der Waals surface area contributed by atoms with Gasteiger partial charge in [0.2, 0.25) is 0 Å². The molecule has 0 aliphatic rings. The lowest BCUT2D eigenvalue weighted by Crippen LogP contribution is -1.98. The molecule has 0 aromatic heterocycles. The number of carboxylic acid groups (broad SMARTS) is 1. The van der Waals surface area contributed by atoms with Gasteiger partial charge in [0.05, 0.1) is 6.42 Å². The van der Waals surface area contributed by atoms with Crippen molar-refractivity contribution in [3.8, 4) is 0 Å². The highest BCUT2D eigenvalue weighted by Gasteiger charge is 1.96. The van der Waals surface area contributed by atoms with Crippen LogP contribution in [0.2, 0.25) is 0 Å². The van der Waals surface area contributed by atoms with Crippen LogP contribution in [-0.2, 0) is 11.2 Å². The first-order valence-electron chi connectivity index (χ1n) is 3.62. The first kappa shape index (κ1) is 10.7. The van der Waals surface area contributed by atoms with Gasteiger partial charge in [-0.05, 0) is 12.6 Å². The zero-order valence-corrected chi connectivity index (χ0v) is 7.03. The van der Waals surface area contributed by atoms with E-state index in [0.29, 0.717) is 0 Å². The van der Waals surface area contributed by atoms with Crippen molar-refractivity contribution in [2.24, 2.45) is 5.73 Å². The molecule has 0 fully saturated rings. The molecule has 0 spiro atoms. The monoisotopic (exact) mass is 167 g/mol. The van der Waals surface area contributed by atoms with Crippen LogP contribution in [-0.4, -0.2) is 18.1 Å². The van der Waals surface area contributed by atoms with E-state index in [9.17, 15) is 4.79 Å². The topological polar surface area (TPSA) is 63.3 Å². The van der Waals surface area contributed by atoms with Gasteiger partial charge in [-0.2, -0.15) is 0 Å². The third kappa shape index (κ3) is 4.46. The quantitative estimate of drug-likeness (QED) is 0.687. The molecule has 66 valence electrons. The van der Waals surface area contributed by atoms with E-state index in [1.54, 1.807) is 12.1 Å². The molecular weight excluding hydrogens is 154 g/mol. The van der Waals surface area contributed by atoms with E-state index in [-0.39, 0.29) is 6.42 Å². The molecule has 0 amide bonds. The lowest BCUT2D eigenvalue weighted by atomic mass is 10.2. The number of aliphatic carboxylic acids is 1. The van der Waals surface area contributed by atoms with Crippen LogP contribution in [0.25, 0.3) is 0 Å². The average Bonchev–Trinajstić information content (AvgIpc) is 2.08. The lowest BCUT2D eigenvalue weighted by Gasteiger charge is -1.92.